The third-order valence-corrected chi connectivity index (χ3v) is 6.44. The average Bonchev–Trinajstić information content (AvgIpc) is 2.65. The van der Waals surface area contributed by atoms with Crippen LogP contribution in [0.15, 0.2) is 41.3 Å². The van der Waals surface area contributed by atoms with Crippen LogP contribution < -0.4 is 5.32 Å². The molecule has 1 amide bonds. The van der Waals surface area contributed by atoms with Gasteiger partial charge in [-0.2, -0.15) is 4.31 Å². The zero-order valence-corrected chi connectivity index (χ0v) is 16.1. The summed E-state index contributed by atoms with van der Waals surface area (Å²) in [6, 6.07) is 8.22. The van der Waals surface area contributed by atoms with Crippen LogP contribution in [0.25, 0.3) is 0 Å². The second-order valence-corrected chi connectivity index (χ2v) is 8.42. The van der Waals surface area contributed by atoms with Crippen molar-refractivity contribution in [3.8, 4) is 0 Å². The molecule has 1 saturated heterocycles. The Morgan fingerprint density at radius 2 is 1.89 bits per heavy atom. The molecule has 1 N–H and O–H groups in total. The monoisotopic (exact) mass is 412 g/mol. The SMILES string of the molecule is Cc1ccc(NC(=O)c2cc(S(=O)(=O)N3CCOCC3)ccc2Cl)cc1F. The fraction of sp³-hybridized carbons (Fsp3) is 0.278. The number of sulfonamides is 1. The number of carbonyl (C=O) groups is 1. The van der Waals surface area contributed by atoms with E-state index >= 15 is 0 Å². The Morgan fingerprint density at radius 3 is 2.56 bits per heavy atom. The molecule has 1 heterocycles. The van der Waals surface area contributed by atoms with E-state index in [0.29, 0.717) is 18.8 Å². The van der Waals surface area contributed by atoms with Crippen LogP contribution >= 0.6 is 11.6 Å². The topological polar surface area (TPSA) is 75.7 Å². The van der Waals surface area contributed by atoms with Crippen molar-refractivity contribution in [2.75, 3.05) is 31.6 Å². The van der Waals surface area contributed by atoms with Crippen LogP contribution in [0.4, 0.5) is 10.1 Å². The van der Waals surface area contributed by atoms with E-state index in [1.54, 1.807) is 13.0 Å². The number of ether oxygens (including phenoxy) is 1. The minimum absolute atomic E-state index is 0.00742. The lowest BCUT2D eigenvalue weighted by atomic mass is 10.2. The van der Waals surface area contributed by atoms with Gasteiger partial charge in [0.1, 0.15) is 5.82 Å². The van der Waals surface area contributed by atoms with E-state index in [2.05, 4.69) is 5.32 Å². The van der Waals surface area contributed by atoms with E-state index in [1.807, 2.05) is 0 Å². The Morgan fingerprint density at radius 1 is 1.19 bits per heavy atom. The molecule has 0 aromatic heterocycles. The molecule has 2 aromatic carbocycles. The maximum atomic E-state index is 13.7. The quantitative estimate of drug-likeness (QED) is 0.837. The highest BCUT2D eigenvalue weighted by Gasteiger charge is 2.27. The van der Waals surface area contributed by atoms with Gasteiger partial charge in [0.2, 0.25) is 10.0 Å². The molecule has 0 aliphatic carbocycles. The number of halogens is 2. The Hall–Kier alpha value is -2.00. The number of benzene rings is 2. The second kappa shape index (κ2) is 7.93. The molecule has 0 saturated carbocycles. The predicted molar refractivity (Wildman–Crippen MR) is 100 cm³/mol. The van der Waals surface area contributed by atoms with Crippen LogP contribution in [0.1, 0.15) is 15.9 Å². The highest BCUT2D eigenvalue weighted by atomic mass is 35.5. The maximum Gasteiger partial charge on any atom is 0.257 e. The van der Waals surface area contributed by atoms with Gasteiger partial charge in [0.15, 0.2) is 0 Å². The molecular formula is C18H18ClFN2O4S. The summed E-state index contributed by atoms with van der Waals surface area (Å²) in [5, 5.41) is 2.63. The summed E-state index contributed by atoms with van der Waals surface area (Å²) in [5.41, 5.74) is 0.692. The van der Waals surface area contributed by atoms with Gasteiger partial charge >= 0.3 is 0 Å². The van der Waals surface area contributed by atoms with Crippen LogP contribution in [-0.4, -0.2) is 44.9 Å². The Labute approximate surface area is 161 Å². The first-order valence-corrected chi connectivity index (χ1v) is 10.1. The smallest absolute Gasteiger partial charge is 0.257 e. The molecular weight excluding hydrogens is 395 g/mol. The number of rotatable bonds is 4. The van der Waals surface area contributed by atoms with Gasteiger partial charge in [0, 0.05) is 18.8 Å². The third-order valence-electron chi connectivity index (χ3n) is 4.22. The van der Waals surface area contributed by atoms with Gasteiger partial charge in [-0.1, -0.05) is 17.7 Å². The van der Waals surface area contributed by atoms with Crippen LogP contribution in [0, 0.1) is 12.7 Å². The normalized spacial score (nSPS) is 15.5. The van der Waals surface area contributed by atoms with Crippen LogP contribution in [0.2, 0.25) is 5.02 Å². The van der Waals surface area contributed by atoms with Gasteiger partial charge < -0.3 is 10.1 Å². The van der Waals surface area contributed by atoms with Crippen molar-refractivity contribution in [1.82, 2.24) is 4.31 Å². The fourth-order valence-corrected chi connectivity index (χ4v) is 4.28. The maximum absolute atomic E-state index is 13.7. The van der Waals surface area contributed by atoms with Gasteiger partial charge in [-0.05, 0) is 42.8 Å². The molecule has 0 atom stereocenters. The minimum Gasteiger partial charge on any atom is -0.379 e. The van der Waals surface area contributed by atoms with Gasteiger partial charge in [-0.15, -0.1) is 0 Å². The minimum atomic E-state index is -3.77. The zero-order valence-electron chi connectivity index (χ0n) is 14.5. The first-order chi connectivity index (χ1) is 12.8. The highest BCUT2D eigenvalue weighted by Crippen LogP contribution is 2.25. The third kappa shape index (κ3) is 4.30. The van der Waals surface area contributed by atoms with Crippen molar-refractivity contribution in [3.63, 3.8) is 0 Å². The van der Waals surface area contributed by atoms with E-state index in [0.717, 1.165) is 0 Å². The van der Waals surface area contributed by atoms with E-state index in [-0.39, 0.29) is 34.3 Å². The number of nitrogens with zero attached hydrogens (tertiary/aromatic N) is 1. The van der Waals surface area contributed by atoms with Crippen LogP contribution in [-0.2, 0) is 14.8 Å². The van der Waals surface area contributed by atoms with Crippen molar-refractivity contribution in [2.24, 2.45) is 0 Å². The molecule has 2 aromatic rings. The summed E-state index contributed by atoms with van der Waals surface area (Å²) in [7, 11) is -3.77. The van der Waals surface area contributed by atoms with Crippen molar-refractivity contribution in [1.29, 1.82) is 0 Å². The summed E-state index contributed by atoms with van der Waals surface area (Å²) >= 11 is 6.09. The largest absolute Gasteiger partial charge is 0.379 e. The number of morpholine rings is 1. The van der Waals surface area contributed by atoms with E-state index in [9.17, 15) is 17.6 Å². The van der Waals surface area contributed by atoms with Crippen molar-refractivity contribution in [2.45, 2.75) is 11.8 Å². The molecule has 6 nitrogen and oxygen atoms in total. The first kappa shape index (κ1) is 19.8. The molecule has 3 rings (SSSR count). The molecule has 0 bridgehead atoms. The molecule has 1 fully saturated rings. The molecule has 0 radical (unpaired) electrons. The molecule has 27 heavy (non-hydrogen) atoms. The summed E-state index contributed by atoms with van der Waals surface area (Å²) in [6.07, 6.45) is 0. The molecule has 1 aliphatic rings. The van der Waals surface area contributed by atoms with Gasteiger partial charge in [0.05, 0.1) is 28.7 Å². The lowest BCUT2D eigenvalue weighted by Gasteiger charge is -2.26. The average molecular weight is 413 g/mol. The number of hydrogen-bond donors (Lipinski definition) is 1. The van der Waals surface area contributed by atoms with Crippen LogP contribution in [0.3, 0.4) is 0 Å². The van der Waals surface area contributed by atoms with Gasteiger partial charge in [0.25, 0.3) is 5.91 Å². The van der Waals surface area contributed by atoms with Crippen LogP contribution in [0.5, 0.6) is 0 Å². The van der Waals surface area contributed by atoms with Gasteiger partial charge in [-0.3, -0.25) is 4.79 Å². The molecule has 144 valence electrons. The predicted octanol–water partition coefficient (Wildman–Crippen LogP) is 3.06. The number of carbonyl (C=O) groups excluding carboxylic acids is 1. The number of amides is 1. The molecule has 0 unspecified atom stereocenters. The Balaban J connectivity index is 1.88. The van der Waals surface area contributed by atoms with Crippen molar-refractivity contribution in [3.05, 3.63) is 58.4 Å². The lowest BCUT2D eigenvalue weighted by Crippen LogP contribution is -2.40. The molecule has 9 heteroatoms. The van der Waals surface area contributed by atoms with Crippen molar-refractivity contribution >= 4 is 33.2 Å². The second-order valence-electron chi connectivity index (χ2n) is 6.08. The van der Waals surface area contributed by atoms with E-state index < -0.39 is 21.7 Å². The number of aryl methyl sites for hydroxylation is 1. The Kier molecular flexibility index (Phi) is 5.81. The zero-order chi connectivity index (χ0) is 19.6. The molecule has 1 aliphatic heterocycles. The fourth-order valence-electron chi connectivity index (χ4n) is 2.64. The van der Waals surface area contributed by atoms with E-state index in [1.165, 1.54) is 34.6 Å². The Bertz CT molecular complexity index is 975. The number of hydrogen-bond acceptors (Lipinski definition) is 4. The number of nitrogens with one attached hydrogen (secondary N) is 1. The highest BCUT2D eigenvalue weighted by molar-refractivity contribution is 7.89. The lowest BCUT2D eigenvalue weighted by molar-refractivity contribution is 0.0730. The number of anilines is 1. The first-order valence-electron chi connectivity index (χ1n) is 8.24. The standard InChI is InChI=1S/C18H18ClFN2O4S/c1-12-2-3-13(10-17(12)20)21-18(23)15-11-14(4-5-16(15)19)27(24,25)22-6-8-26-9-7-22/h2-5,10-11H,6-9H2,1H3,(H,21,23). The summed E-state index contributed by atoms with van der Waals surface area (Å²) in [5.74, 6) is -1.08. The molecule has 0 spiro atoms. The summed E-state index contributed by atoms with van der Waals surface area (Å²) < 4.78 is 45.7. The summed E-state index contributed by atoms with van der Waals surface area (Å²) in [6.45, 7) is 2.74. The van der Waals surface area contributed by atoms with Gasteiger partial charge in [-0.25, -0.2) is 12.8 Å². The summed E-state index contributed by atoms with van der Waals surface area (Å²) in [4.78, 5) is 12.5. The van der Waals surface area contributed by atoms with Crippen molar-refractivity contribution < 1.29 is 22.3 Å². The van der Waals surface area contributed by atoms with E-state index in [4.69, 9.17) is 16.3 Å².